The summed E-state index contributed by atoms with van der Waals surface area (Å²) in [6.07, 6.45) is 1.50. The van der Waals surface area contributed by atoms with Gasteiger partial charge in [0, 0.05) is 6.20 Å². The number of nitrogens with two attached hydrogens (primary N) is 1. The number of benzene rings is 1. The molecule has 0 amide bonds. The van der Waals surface area contributed by atoms with Crippen LogP contribution >= 0.6 is 22.6 Å². The Morgan fingerprint density at radius 2 is 2.06 bits per heavy atom. The van der Waals surface area contributed by atoms with E-state index in [9.17, 15) is 0 Å². The monoisotopic (exact) mass is 337 g/mol. The van der Waals surface area contributed by atoms with Crippen LogP contribution in [-0.4, -0.2) is 4.98 Å². The van der Waals surface area contributed by atoms with Crippen LogP contribution in [0.3, 0.4) is 0 Å². The molecule has 1 aromatic carbocycles. The van der Waals surface area contributed by atoms with Crippen molar-refractivity contribution in [2.45, 2.75) is 0 Å². The average molecular weight is 337 g/mol. The summed E-state index contributed by atoms with van der Waals surface area (Å²) in [5, 5.41) is 8.85. The van der Waals surface area contributed by atoms with Gasteiger partial charge in [0.25, 0.3) is 0 Å². The number of rotatable bonds is 2. The molecule has 0 fully saturated rings. The minimum Gasteiger partial charge on any atom is -0.436 e. The van der Waals surface area contributed by atoms with E-state index in [1.54, 1.807) is 6.07 Å². The number of pyridine rings is 1. The van der Waals surface area contributed by atoms with Crippen LogP contribution in [0.4, 0.5) is 5.69 Å². The lowest BCUT2D eigenvalue weighted by Crippen LogP contribution is -1.98. The molecule has 84 valence electrons. The van der Waals surface area contributed by atoms with Crippen molar-refractivity contribution < 1.29 is 4.74 Å². The van der Waals surface area contributed by atoms with Gasteiger partial charge in [0.1, 0.15) is 17.5 Å². The maximum Gasteiger partial charge on any atom is 0.244 e. The van der Waals surface area contributed by atoms with E-state index in [4.69, 9.17) is 15.7 Å². The van der Waals surface area contributed by atoms with Gasteiger partial charge in [-0.1, -0.05) is 12.1 Å². The highest BCUT2D eigenvalue weighted by atomic mass is 127. The van der Waals surface area contributed by atoms with Crippen molar-refractivity contribution in [3.8, 4) is 17.7 Å². The molecule has 0 unspecified atom stereocenters. The van der Waals surface area contributed by atoms with Gasteiger partial charge >= 0.3 is 0 Å². The third kappa shape index (κ3) is 2.47. The Balaban J connectivity index is 2.38. The fourth-order valence-electron chi connectivity index (χ4n) is 1.26. The van der Waals surface area contributed by atoms with Gasteiger partial charge in [0.2, 0.25) is 5.88 Å². The Labute approximate surface area is 112 Å². The fraction of sp³-hybridized carbons (Fsp3) is 0. The first-order chi connectivity index (χ1) is 8.22. The van der Waals surface area contributed by atoms with Gasteiger partial charge < -0.3 is 10.5 Å². The summed E-state index contributed by atoms with van der Waals surface area (Å²) < 4.78 is 6.54. The van der Waals surface area contributed by atoms with E-state index in [-0.39, 0.29) is 11.6 Å². The van der Waals surface area contributed by atoms with Gasteiger partial charge in [-0.25, -0.2) is 4.98 Å². The Morgan fingerprint density at radius 3 is 2.76 bits per heavy atom. The smallest absolute Gasteiger partial charge is 0.244 e. The van der Waals surface area contributed by atoms with Crippen LogP contribution in [0.2, 0.25) is 0 Å². The third-order valence-corrected chi connectivity index (χ3v) is 3.01. The van der Waals surface area contributed by atoms with Crippen molar-refractivity contribution in [1.29, 1.82) is 5.26 Å². The van der Waals surface area contributed by atoms with E-state index >= 15 is 0 Å². The molecule has 0 saturated heterocycles. The van der Waals surface area contributed by atoms with E-state index in [1.165, 1.54) is 6.20 Å². The average Bonchev–Trinajstić information content (AvgIpc) is 2.34. The summed E-state index contributed by atoms with van der Waals surface area (Å²) in [4.78, 5) is 4.02. The predicted octanol–water partition coefficient (Wildman–Crippen LogP) is 2.93. The Hall–Kier alpha value is -1.81. The number of aromatic nitrogens is 1. The molecule has 17 heavy (non-hydrogen) atoms. The molecule has 0 saturated carbocycles. The zero-order chi connectivity index (χ0) is 12.3. The highest BCUT2D eigenvalue weighted by Crippen LogP contribution is 2.29. The van der Waals surface area contributed by atoms with Gasteiger partial charge in [-0.3, -0.25) is 0 Å². The highest BCUT2D eigenvalue weighted by molar-refractivity contribution is 14.1. The normalized spacial score (nSPS) is 9.65. The van der Waals surface area contributed by atoms with Gasteiger partial charge in [-0.2, -0.15) is 5.26 Å². The predicted molar refractivity (Wildman–Crippen MR) is 72.6 cm³/mol. The van der Waals surface area contributed by atoms with Crippen LogP contribution in [0.15, 0.2) is 36.5 Å². The number of nitrogen functional groups attached to an aromatic ring is 1. The molecule has 0 aliphatic carbocycles. The first-order valence-electron chi connectivity index (χ1n) is 4.79. The second-order valence-corrected chi connectivity index (χ2v) is 4.38. The number of hydrogen-bond acceptors (Lipinski definition) is 4. The number of halogens is 1. The number of ether oxygens (including phenoxy) is 1. The SMILES string of the molecule is N#Cc1ccnc(Oc2ccccc2I)c1N. The second-order valence-electron chi connectivity index (χ2n) is 3.22. The van der Waals surface area contributed by atoms with Crippen LogP contribution in [0.1, 0.15) is 5.56 Å². The lowest BCUT2D eigenvalue weighted by Gasteiger charge is -2.08. The molecule has 1 aromatic heterocycles. The Bertz CT molecular complexity index is 593. The van der Waals surface area contributed by atoms with Gasteiger partial charge in [0.15, 0.2) is 0 Å². The lowest BCUT2D eigenvalue weighted by molar-refractivity contribution is 0.462. The van der Waals surface area contributed by atoms with Crippen LogP contribution < -0.4 is 10.5 Å². The molecule has 0 aliphatic heterocycles. The molecule has 1 heterocycles. The van der Waals surface area contributed by atoms with Crippen molar-refractivity contribution in [3.63, 3.8) is 0 Å². The molecular weight excluding hydrogens is 329 g/mol. The van der Waals surface area contributed by atoms with Crippen LogP contribution in [0.5, 0.6) is 11.6 Å². The topological polar surface area (TPSA) is 71.9 Å². The van der Waals surface area contributed by atoms with E-state index in [0.717, 1.165) is 3.57 Å². The fourth-order valence-corrected chi connectivity index (χ4v) is 1.76. The standard InChI is InChI=1S/C12H8IN3O/c13-9-3-1-2-4-10(9)17-12-11(15)8(7-14)5-6-16-12/h1-6H,15H2. The first-order valence-corrected chi connectivity index (χ1v) is 5.87. The maximum atomic E-state index is 8.85. The van der Waals surface area contributed by atoms with Crippen molar-refractivity contribution in [2.75, 3.05) is 5.73 Å². The zero-order valence-electron chi connectivity index (χ0n) is 8.72. The number of nitrogens with zero attached hydrogens (tertiary/aromatic N) is 2. The highest BCUT2D eigenvalue weighted by Gasteiger charge is 2.09. The Morgan fingerprint density at radius 1 is 1.29 bits per heavy atom. The number of hydrogen-bond donors (Lipinski definition) is 1. The summed E-state index contributed by atoms with van der Waals surface area (Å²) in [5.41, 5.74) is 6.40. The summed E-state index contributed by atoms with van der Waals surface area (Å²) in [6.45, 7) is 0. The van der Waals surface area contributed by atoms with E-state index in [2.05, 4.69) is 27.6 Å². The molecule has 2 rings (SSSR count). The number of para-hydroxylation sites is 1. The Kier molecular flexibility index (Phi) is 3.44. The molecule has 0 aliphatic rings. The minimum atomic E-state index is 0.258. The molecule has 0 radical (unpaired) electrons. The summed E-state index contributed by atoms with van der Waals surface area (Å²) >= 11 is 2.16. The zero-order valence-corrected chi connectivity index (χ0v) is 10.9. The molecule has 2 N–H and O–H groups in total. The summed E-state index contributed by atoms with van der Waals surface area (Å²) in [7, 11) is 0. The van der Waals surface area contributed by atoms with Crippen molar-refractivity contribution >= 4 is 28.3 Å². The van der Waals surface area contributed by atoms with Crippen LogP contribution in [-0.2, 0) is 0 Å². The van der Waals surface area contributed by atoms with Crippen molar-refractivity contribution in [1.82, 2.24) is 4.98 Å². The van der Waals surface area contributed by atoms with E-state index < -0.39 is 0 Å². The van der Waals surface area contributed by atoms with Crippen molar-refractivity contribution in [3.05, 3.63) is 45.7 Å². The molecular formula is C12H8IN3O. The lowest BCUT2D eigenvalue weighted by atomic mass is 10.2. The van der Waals surface area contributed by atoms with Gasteiger partial charge in [-0.05, 0) is 40.8 Å². The van der Waals surface area contributed by atoms with Crippen LogP contribution in [0, 0.1) is 14.9 Å². The molecule has 0 atom stereocenters. The van der Waals surface area contributed by atoms with Gasteiger partial charge in [-0.15, -0.1) is 0 Å². The minimum absolute atomic E-state index is 0.258. The quantitative estimate of drug-likeness (QED) is 0.856. The second kappa shape index (κ2) is 5.01. The number of nitriles is 1. The van der Waals surface area contributed by atoms with Crippen molar-refractivity contribution in [2.24, 2.45) is 0 Å². The van der Waals surface area contributed by atoms with E-state index in [1.807, 2.05) is 30.3 Å². The molecule has 0 bridgehead atoms. The largest absolute Gasteiger partial charge is 0.436 e. The van der Waals surface area contributed by atoms with Crippen LogP contribution in [0.25, 0.3) is 0 Å². The molecule has 2 aromatic rings. The molecule has 5 heteroatoms. The maximum absolute atomic E-state index is 8.85. The van der Waals surface area contributed by atoms with Gasteiger partial charge in [0.05, 0.1) is 9.13 Å². The number of anilines is 1. The van der Waals surface area contributed by atoms with E-state index in [0.29, 0.717) is 11.3 Å². The summed E-state index contributed by atoms with van der Waals surface area (Å²) in [6, 6.07) is 11.1. The molecule has 4 nitrogen and oxygen atoms in total. The first kappa shape index (κ1) is 11.7. The summed E-state index contributed by atoms with van der Waals surface area (Å²) in [5.74, 6) is 0.926. The molecule has 0 spiro atoms. The third-order valence-electron chi connectivity index (χ3n) is 2.12.